The van der Waals surface area contributed by atoms with Gasteiger partial charge in [0.2, 0.25) is 0 Å². The number of fused-ring (bicyclic) bond motifs is 1. The normalized spacial score (nSPS) is 15.8. The van der Waals surface area contributed by atoms with E-state index in [1.807, 2.05) is 24.3 Å². The number of methoxy groups -OCH3 is 1. The molecule has 1 N–H and O–H groups in total. The number of nitrogens with zero attached hydrogens (tertiary/aromatic N) is 1. The van der Waals surface area contributed by atoms with Crippen molar-refractivity contribution in [2.45, 2.75) is 0 Å². The number of benzene rings is 1. The molecule has 1 fully saturated rings. The first-order chi connectivity index (χ1) is 12.2. The van der Waals surface area contributed by atoms with E-state index in [4.69, 9.17) is 9.15 Å². The first-order valence-corrected chi connectivity index (χ1v) is 8.23. The minimum absolute atomic E-state index is 0.302. The van der Waals surface area contributed by atoms with E-state index >= 15 is 0 Å². The number of imide groups is 1. The smallest absolute Gasteiger partial charge is 0.290 e. The van der Waals surface area contributed by atoms with Gasteiger partial charge in [-0.1, -0.05) is 18.2 Å². The molecule has 3 aromatic rings. The molecule has 1 aliphatic heterocycles. The molecule has 0 saturated carbocycles. The Morgan fingerprint density at radius 3 is 2.80 bits per heavy atom. The Morgan fingerprint density at radius 2 is 2.04 bits per heavy atom. The van der Waals surface area contributed by atoms with E-state index in [9.17, 15) is 9.59 Å². The third-order valence-electron chi connectivity index (χ3n) is 3.75. The SMILES string of the molecule is COc1ccccc1-c1cncc2cc(/C=C3/SC(=O)NC3=O)oc12. The fourth-order valence-electron chi connectivity index (χ4n) is 2.66. The van der Waals surface area contributed by atoms with Crippen molar-refractivity contribution in [1.29, 1.82) is 0 Å². The predicted octanol–water partition coefficient (Wildman–Crippen LogP) is 3.83. The van der Waals surface area contributed by atoms with Crippen LogP contribution < -0.4 is 10.1 Å². The van der Waals surface area contributed by atoms with Crippen molar-refractivity contribution in [3.05, 3.63) is 53.4 Å². The van der Waals surface area contributed by atoms with Crippen molar-refractivity contribution >= 4 is 40.0 Å². The Balaban J connectivity index is 1.84. The third kappa shape index (κ3) is 2.78. The minimum Gasteiger partial charge on any atom is -0.496 e. The summed E-state index contributed by atoms with van der Waals surface area (Å²) in [5, 5.41) is 2.63. The maximum absolute atomic E-state index is 11.7. The summed E-state index contributed by atoms with van der Waals surface area (Å²) < 4.78 is 11.3. The molecule has 2 amide bonds. The molecule has 1 aromatic carbocycles. The molecule has 0 spiro atoms. The molecule has 25 heavy (non-hydrogen) atoms. The first kappa shape index (κ1) is 15.5. The van der Waals surface area contributed by atoms with Gasteiger partial charge in [-0.15, -0.1) is 0 Å². The van der Waals surface area contributed by atoms with E-state index < -0.39 is 5.91 Å². The number of pyridine rings is 1. The van der Waals surface area contributed by atoms with Crippen LogP contribution in [0.2, 0.25) is 0 Å². The molecule has 1 aliphatic rings. The van der Waals surface area contributed by atoms with Gasteiger partial charge in [0.05, 0.1) is 12.0 Å². The van der Waals surface area contributed by atoms with E-state index in [2.05, 4.69) is 10.3 Å². The number of thioether (sulfide) groups is 1. The second kappa shape index (κ2) is 6.10. The van der Waals surface area contributed by atoms with Crippen molar-refractivity contribution < 1.29 is 18.7 Å². The number of carbonyl (C=O) groups is 2. The molecule has 0 atom stereocenters. The molecule has 0 aliphatic carbocycles. The van der Waals surface area contributed by atoms with Crippen LogP contribution in [0.5, 0.6) is 5.75 Å². The molecule has 6 nitrogen and oxygen atoms in total. The second-order valence-corrected chi connectivity index (χ2v) is 6.32. The zero-order chi connectivity index (χ0) is 17.4. The summed E-state index contributed by atoms with van der Waals surface area (Å²) in [5.74, 6) is 0.773. The lowest BCUT2D eigenvalue weighted by Gasteiger charge is -2.08. The molecule has 3 heterocycles. The summed E-state index contributed by atoms with van der Waals surface area (Å²) in [7, 11) is 1.61. The largest absolute Gasteiger partial charge is 0.496 e. The summed E-state index contributed by atoms with van der Waals surface area (Å²) in [6, 6.07) is 9.37. The quantitative estimate of drug-likeness (QED) is 0.722. The van der Waals surface area contributed by atoms with Crippen molar-refractivity contribution in [1.82, 2.24) is 10.3 Å². The Bertz CT molecular complexity index is 1040. The Morgan fingerprint density at radius 1 is 1.20 bits per heavy atom. The van der Waals surface area contributed by atoms with Crippen LogP contribution in [0.1, 0.15) is 5.76 Å². The average Bonchev–Trinajstić information content (AvgIpc) is 3.17. The molecule has 124 valence electrons. The van der Waals surface area contributed by atoms with Gasteiger partial charge in [-0.3, -0.25) is 19.9 Å². The van der Waals surface area contributed by atoms with E-state index in [1.165, 1.54) is 0 Å². The third-order valence-corrected chi connectivity index (χ3v) is 4.56. The van der Waals surface area contributed by atoms with Crippen LogP contribution >= 0.6 is 11.8 Å². The van der Waals surface area contributed by atoms with E-state index in [0.717, 1.165) is 28.3 Å². The number of carbonyl (C=O) groups excluding carboxylic acids is 2. The molecule has 1 saturated heterocycles. The van der Waals surface area contributed by atoms with Gasteiger partial charge in [0.15, 0.2) is 0 Å². The molecule has 2 aromatic heterocycles. The second-order valence-electron chi connectivity index (χ2n) is 5.31. The number of para-hydroxylation sites is 1. The van der Waals surface area contributed by atoms with Crippen molar-refractivity contribution in [3.63, 3.8) is 0 Å². The molecular formula is C18H12N2O4S. The molecule has 7 heteroatoms. The standard InChI is InChI=1S/C18H12N2O4S/c1-23-14-5-3-2-4-12(14)13-9-19-8-10-6-11(24-16(10)13)7-15-17(21)20-18(22)25-15/h2-9H,1H3,(H,20,21,22)/b15-7+. The lowest BCUT2D eigenvalue weighted by Crippen LogP contribution is -2.17. The first-order valence-electron chi connectivity index (χ1n) is 7.41. The van der Waals surface area contributed by atoms with Gasteiger partial charge in [-0.25, -0.2) is 0 Å². The molecular weight excluding hydrogens is 340 g/mol. The van der Waals surface area contributed by atoms with Crippen molar-refractivity contribution in [2.75, 3.05) is 7.11 Å². The van der Waals surface area contributed by atoms with E-state index in [1.54, 1.807) is 31.6 Å². The Kier molecular flexibility index (Phi) is 3.77. The van der Waals surface area contributed by atoms with Crippen LogP contribution in [0.15, 0.2) is 52.0 Å². The predicted molar refractivity (Wildman–Crippen MR) is 95.1 cm³/mol. The van der Waals surface area contributed by atoms with Crippen molar-refractivity contribution in [2.24, 2.45) is 0 Å². The summed E-state index contributed by atoms with van der Waals surface area (Å²) in [5.41, 5.74) is 2.29. The van der Waals surface area contributed by atoms with Gasteiger partial charge in [-0.2, -0.15) is 0 Å². The number of aromatic nitrogens is 1. The summed E-state index contributed by atoms with van der Waals surface area (Å²) in [6.07, 6.45) is 4.95. The highest BCUT2D eigenvalue weighted by Gasteiger charge is 2.25. The number of hydrogen-bond acceptors (Lipinski definition) is 6. The number of ether oxygens (including phenoxy) is 1. The minimum atomic E-state index is -0.418. The van der Waals surface area contributed by atoms with Gasteiger partial charge < -0.3 is 9.15 Å². The van der Waals surface area contributed by atoms with Crippen molar-refractivity contribution in [3.8, 4) is 16.9 Å². The molecule has 4 rings (SSSR count). The van der Waals surface area contributed by atoms with Gasteiger partial charge in [0, 0.05) is 35.0 Å². The van der Waals surface area contributed by atoms with Crippen LogP contribution in [-0.4, -0.2) is 23.2 Å². The fraction of sp³-hybridized carbons (Fsp3) is 0.0556. The van der Waals surface area contributed by atoms with Crippen LogP contribution in [0.4, 0.5) is 4.79 Å². The highest BCUT2D eigenvalue weighted by molar-refractivity contribution is 8.18. The monoisotopic (exact) mass is 352 g/mol. The maximum Gasteiger partial charge on any atom is 0.290 e. The van der Waals surface area contributed by atoms with Gasteiger partial charge >= 0.3 is 0 Å². The topological polar surface area (TPSA) is 81.4 Å². The zero-order valence-electron chi connectivity index (χ0n) is 13.1. The average molecular weight is 352 g/mol. The number of furan rings is 1. The van der Waals surface area contributed by atoms with Gasteiger partial charge in [0.25, 0.3) is 11.1 Å². The highest BCUT2D eigenvalue weighted by Crippen LogP contribution is 2.36. The van der Waals surface area contributed by atoms with Crippen LogP contribution in [0.3, 0.4) is 0 Å². The molecule has 0 unspecified atom stereocenters. The number of amides is 2. The zero-order valence-corrected chi connectivity index (χ0v) is 13.9. The lowest BCUT2D eigenvalue weighted by molar-refractivity contribution is -0.115. The van der Waals surface area contributed by atoms with E-state index in [-0.39, 0.29) is 5.24 Å². The number of rotatable bonds is 3. The van der Waals surface area contributed by atoms with Crippen LogP contribution in [0, 0.1) is 0 Å². The lowest BCUT2D eigenvalue weighted by atomic mass is 10.1. The fourth-order valence-corrected chi connectivity index (χ4v) is 3.32. The Labute approximate surface area is 146 Å². The Hall–Kier alpha value is -3.06. The molecule has 0 bridgehead atoms. The van der Waals surface area contributed by atoms with Gasteiger partial charge in [0.1, 0.15) is 17.1 Å². The van der Waals surface area contributed by atoms with E-state index in [0.29, 0.717) is 22.0 Å². The number of hydrogen-bond donors (Lipinski definition) is 1. The molecule has 0 radical (unpaired) electrons. The summed E-state index contributed by atoms with van der Waals surface area (Å²) in [6.45, 7) is 0. The summed E-state index contributed by atoms with van der Waals surface area (Å²) in [4.78, 5) is 27.5. The van der Waals surface area contributed by atoms with Crippen LogP contribution in [0.25, 0.3) is 28.2 Å². The highest BCUT2D eigenvalue weighted by atomic mass is 32.2. The number of nitrogens with one attached hydrogen (secondary N) is 1. The maximum atomic E-state index is 11.7. The van der Waals surface area contributed by atoms with Crippen LogP contribution in [-0.2, 0) is 4.79 Å². The van der Waals surface area contributed by atoms with Gasteiger partial charge in [-0.05, 0) is 23.9 Å². The summed E-state index contributed by atoms with van der Waals surface area (Å²) >= 11 is 0.851.